The van der Waals surface area contributed by atoms with Gasteiger partial charge in [0, 0.05) is 22.5 Å². The Morgan fingerprint density at radius 2 is 1.71 bits per heavy atom. The maximum absolute atomic E-state index is 3.68. The lowest BCUT2D eigenvalue weighted by molar-refractivity contribution is 0.517. The van der Waals surface area contributed by atoms with E-state index in [-0.39, 0.29) is 5.41 Å². The third kappa shape index (κ3) is 1.77. The van der Waals surface area contributed by atoms with Crippen molar-refractivity contribution in [3.8, 4) is 0 Å². The van der Waals surface area contributed by atoms with Gasteiger partial charge in [-0.1, -0.05) is 63.2 Å². The molecule has 0 radical (unpaired) electrons. The standard InChI is InChI=1S/C20H21N/c1-13-14-8-4-6-10-16(14)20(2,3)12-18-19(13)15-9-5-7-11-17(15)21-18/h4-11,13,21H,12H2,1-3H3. The Bertz CT molecular complexity index is 823. The van der Waals surface area contributed by atoms with Crippen molar-refractivity contribution < 1.29 is 0 Å². The van der Waals surface area contributed by atoms with E-state index in [4.69, 9.17) is 0 Å². The van der Waals surface area contributed by atoms with Crippen LogP contribution in [-0.2, 0) is 11.8 Å². The molecule has 0 saturated heterocycles. The number of benzene rings is 2. The van der Waals surface area contributed by atoms with E-state index in [1.807, 2.05) is 0 Å². The van der Waals surface area contributed by atoms with E-state index in [1.165, 1.54) is 33.3 Å². The first-order valence-electron chi connectivity index (χ1n) is 7.77. The summed E-state index contributed by atoms with van der Waals surface area (Å²) < 4.78 is 0. The summed E-state index contributed by atoms with van der Waals surface area (Å²) >= 11 is 0. The first-order valence-corrected chi connectivity index (χ1v) is 7.77. The van der Waals surface area contributed by atoms with Gasteiger partial charge in [-0.15, -0.1) is 0 Å². The Labute approximate surface area is 126 Å². The summed E-state index contributed by atoms with van der Waals surface area (Å²) in [7, 11) is 0. The van der Waals surface area contributed by atoms with Crippen LogP contribution in [0.5, 0.6) is 0 Å². The average molecular weight is 275 g/mol. The quantitative estimate of drug-likeness (QED) is 0.583. The van der Waals surface area contributed by atoms with Gasteiger partial charge in [0.15, 0.2) is 0 Å². The minimum atomic E-state index is 0.164. The zero-order valence-corrected chi connectivity index (χ0v) is 12.9. The van der Waals surface area contributed by atoms with Crippen molar-refractivity contribution in [1.29, 1.82) is 0 Å². The third-order valence-corrected chi connectivity index (χ3v) is 5.04. The van der Waals surface area contributed by atoms with Crippen LogP contribution >= 0.6 is 0 Å². The molecule has 3 aromatic rings. The number of nitrogens with one attached hydrogen (secondary N) is 1. The predicted octanol–water partition coefficient (Wildman–Crippen LogP) is 5.15. The minimum Gasteiger partial charge on any atom is -0.358 e. The lowest BCUT2D eigenvalue weighted by Gasteiger charge is -2.26. The number of aromatic amines is 1. The molecule has 1 aliphatic rings. The third-order valence-electron chi connectivity index (χ3n) is 5.04. The van der Waals surface area contributed by atoms with Crippen LogP contribution in [0.25, 0.3) is 10.9 Å². The molecule has 1 nitrogen and oxygen atoms in total. The van der Waals surface area contributed by atoms with Gasteiger partial charge in [-0.05, 0) is 34.6 Å². The van der Waals surface area contributed by atoms with Gasteiger partial charge in [-0.2, -0.15) is 0 Å². The van der Waals surface area contributed by atoms with Crippen molar-refractivity contribution in [2.24, 2.45) is 0 Å². The van der Waals surface area contributed by atoms with Crippen molar-refractivity contribution in [3.63, 3.8) is 0 Å². The van der Waals surface area contributed by atoms with Gasteiger partial charge in [0.1, 0.15) is 0 Å². The molecule has 4 rings (SSSR count). The normalized spacial score (nSPS) is 19.9. The van der Waals surface area contributed by atoms with Crippen LogP contribution in [0.15, 0.2) is 48.5 Å². The van der Waals surface area contributed by atoms with E-state index in [1.54, 1.807) is 0 Å². The molecule has 0 aliphatic heterocycles. The molecular weight excluding hydrogens is 254 g/mol. The summed E-state index contributed by atoms with van der Waals surface area (Å²) in [5.41, 5.74) is 7.30. The fraction of sp³-hybridized carbons (Fsp3) is 0.300. The molecule has 0 amide bonds. The number of fused-ring (bicyclic) bond motifs is 4. The topological polar surface area (TPSA) is 15.8 Å². The number of aromatic nitrogens is 1. The molecular formula is C20H21N. The molecule has 1 aromatic heterocycles. The predicted molar refractivity (Wildman–Crippen MR) is 89.0 cm³/mol. The van der Waals surface area contributed by atoms with E-state index in [2.05, 4.69) is 74.3 Å². The molecule has 1 unspecified atom stereocenters. The van der Waals surface area contributed by atoms with E-state index < -0.39 is 0 Å². The summed E-state index contributed by atoms with van der Waals surface area (Å²) in [6.45, 7) is 7.07. The highest BCUT2D eigenvalue weighted by Crippen LogP contribution is 2.44. The van der Waals surface area contributed by atoms with Gasteiger partial charge in [0.05, 0.1) is 0 Å². The summed E-state index contributed by atoms with van der Waals surface area (Å²) in [5.74, 6) is 0.439. The van der Waals surface area contributed by atoms with Gasteiger partial charge in [0.25, 0.3) is 0 Å². The molecule has 0 spiro atoms. The molecule has 0 bridgehead atoms. The molecule has 1 heteroatoms. The van der Waals surface area contributed by atoms with E-state index in [9.17, 15) is 0 Å². The lowest BCUT2D eigenvalue weighted by Crippen LogP contribution is -2.21. The van der Waals surface area contributed by atoms with Crippen molar-refractivity contribution in [2.75, 3.05) is 0 Å². The first kappa shape index (κ1) is 12.7. The SMILES string of the molecule is CC1c2ccccc2C(C)(C)Cc2[nH]c3ccccc3c21. The first-order chi connectivity index (χ1) is 10.1. The second kappa shape index (κ2) is 4.24. The van der Waals surface area contributed by atoms with Crippen LogP contribution < -0.4 is 0 Å². The van der Waals surface area contributed by atoms with Crippen LogP contribution in [0.1, 0.15) is 49.1 Å². The zero-order valence-electron chi connectivity index (χ0n) is 12.9. The van der Waals surface area contributed by atoms with Gasteiger partial charge in [-0.25, -0.2) is 0 Å². The zero-order chi connectivity index (χ0) is 14.6. The summed E-state index contributed by atoms with van der Waals surface area (Å²) in [4.78, 5) is 3.68. The van der Waals surface area contributed by atoms with Crippen LogP contribution in [0.4, 0.5) is 0 Å². The van der Waals surface area contributed by atoms with Crippen LogP contribution in [0.2, 0.25) is 0 Å². The van der Waals surface area contributed by atoms with Gasteiger partial charge >= 0.3 is 0 Å². The highest BCUT2D eigenvalue weighted by Gasteiger charge is 2.33. The molecule has 1 heterocycles. The number of hydrogen-bond acceptors (Lipinski definition) is 0. The Morgan fingerprint density at radius 1 is 1.00 bits per heavy atom. The van der Waals surface area contributed by atoms with Crippen LogP contribution in [0.3, 0.4) is 0 Å². The van der Waals surface area contributed by atoms with Crippen LogP contribution in [0, 0.1) is 0 Å². The molecule has 1 aliphatic carbocycles. The molecule has 2 aromatic carbocycles. The van der Waals surface area contributed by atoms with Gasteiger partial charge < -0.3 is 4.98 Å². The van der Waals surface area contributed by atoms with Crippen molar-refractivity contribution in [3.05, 3.63) is 70.9 Å². The van der Waals surface area contributed by atoms with Crippen molar-refractivity contribution >= 4 is 10.9 Å². The lowest BCUT2D eigenvalue weighted by atomic mass is 9.78. The van der Waals surface area contributed by atoms with Crippen molar-refractivity contribution in [2.45, 2.75) is 38.5 Å². The Balaban J connectivity index is 2.07. The van der Waals surface area contributed by atoms with Gasteiger partial charge in [-0.3, -0.25) is 0 Å². The fourth-order valence-corrected chi connectivity index (χ4v) is 4.04. The highest BCUT2D eigenvalue weighted by molar-refractivity contribution is 5.86. The highest BCUT2D eigenvalue weighted by atomic mass is 14.7. The van der Waals surface area contributed by atoms with E-state index in [0.29, 0.717) is 5.92 Å². The number of rotatable bonds is 0. The molecule has 0 fully saturated rings. The molecule has 1 N–H and O–H groups in total. The monoisotopic (exact) mass is 275 g/mol. The maximum Gasteiger partial charge on any atom is 0.0459 e. The largest absolute Gasteiger partial charge is 0.358 e. The molecule has 106 valence electrons. The second-order valence-corrected chi connectivity index (χ2v) is 6.93. The Morgan fingerprint density at radius 3 is 2.57 bits per heavy atom. The number of hydrogen-bond donors (Lipinski definition) is 1. The number of para-hydroxylation sites is 1. The smallest absolute Gasteiger partial charge is 0.0459 e. The van der Waals surface area contributed by atoms with E-state index in [0.717, 1.165) is 6.42 Å². The molecule has 1 atom stereocenters. The second-order valence-electron chi connectivity index (χ2n) is 6.93. The Kier molecular flexibility index (Phi) is 2.56. The van der Waals surface area contributed by atoms with Crippen molar-refractivity contribution in [1.82, 2.24) is 4.98 Å². The molecule has 21 heavy (non-hydrogen) atoms. The number of H-pyrrole nitrogens is 1. The minimum absolute atomic E-state index is 0.164. The maximum atomic E-state index is 3.68. The van der Waals surface area contributed by atoms with Crippen LogP contribution in [-0.4, -0.2) is 4.98 Å². The fourth-order valence-electron chi connectivity index (χ4n) is 4.04. The summed E-state index contributed by atoms with van der Waals surface area (Å²) in [6, 6.07) is 17.7. The molecule has 0 saturated carbocycles. The summed E-state index contributed by atoms with van der Waals surface area (Å²) in [6.07, 6.45) is 1.07. The average Bonchev–Trinajstić information content (AvgIpc) is 2.79. The summed E-state index contributed by atoms with van der Waals surface area (Å²) in [5, 5.41) is 1.38. The van der Waals surface area contributed by atoms with Gasteiger partial charge in [0.2, 0.25) is 0 Å². The Hall–Kier alpha value is -2.02. The van der Waals surface area contributed by atoms with E-state index >= 15 is 0 Å².